The summed E-state index contributed by atoms with van der Waals surface area (Å²) in [7, 11) is 2.06. The number of likely N-dealkylation sites (N-methyl/N-ethyl adjacent to an activating group) is 1. The summed E-state index contributed by atoms with van der Waals surface area (Å²) in [5.74, 6) is -0.804. The van der Waals surface area contributed by atoms with Crippen LogP contribution < -0.4 is 0 Å². The lowest BCUT2D eigenvalue weighted by molar-refractivity contribution is 0.0702. The van der Waals surface area contributed by atoms with Gasteiger partial charge in [0.25, 0.3) is 0 Å². The van der Waals surface area contributed by atoms with Gasteiger partial charge in [-0.05, 0) is 25.1 Å². The molecule has 0 saturated heterocycles. The lowest BCUT2D eigenvalue weighted by Gasteiger charge is -2.21. The van der Waals surface area contributed by atoms with E-state index in [0.717, 1.165) is 19.5 Å². The van der Waals surface area contributed by atoms with E-state index in [1.807, 2.05) is 6.07 Å². The Balaban J connectivity index is 0.000000980. The van der Waals surface area contributed by atoms with Gasteiger partial charge in [-0.25, -0.2) is 4.79 Å². The quantitative estimate of drug-likeness (QED) is 0.805. The van der Waals surface area contributed by atoms with Gasteiger partial charge in [-0.3, -0.25) is 0 Å². The first kappa shape index (κ1) is 11.5. The average molecular weight is 234 g/mol. The molecule has 0 amide bonds. The number of rotatable bonds is 1. The van der Waals surface area contributed by atoms with Crippen molar-refractivity contribution in [2.24, 2.45) is 0 Å². The van der Waals surface area contributed by atoms with Crippen molar-refractivity contribution in [3.05, 3.63) is 21.4 Å². The molecular weight excluding hydrogens is 222 g/mol. The molecule has 0 atom stereocenters. The summed E-state index contributed by atoms with van der Waals surface area (Å²) in [6, 6.07) is 1.81. The second-order valence-electron chi connectivity index (χ2n) is 3.35. The maximum absolute atomic E-state index is 10.7. The number of aromatic carboxylic acids is 1. The van der Waals surface area contributed by atoms with E-state index in [2.05, 4.69) is 11.9 Å². The molecule has 2 heterocycles. The highest BCUT2D eigenvalue weighted by atomic mass is 35.5. The molecule has 5 heteroatoms. The van der Waals surface area contributed by atoms with Gasteiger partial charge in [-0.2, -0.15) is 0 Å². The summed E-state index contributed by atoms with van der Waals surface area (Å²) in [6.45, 7) is 1.93. The minimum absolute atomic E-state index is 0. The Morgan fingerprint density at radius 3 is 3.00 bits per heavy atom. The van der Waals surface area contributed by atoms with E-state index in [-0.39, 0.29) is 12.4 Å². The van der Waals surface area contributed by atoms with Gasteiger partial charge in [0.05, 0.1) is 0 Å². The standard InChI is InChI=1S/C9H11NO2S.ClH/c1-10-3-2-6-4-7(9(11)12)13-8(6)5-10;/h4H,2-3,5H2,1H3,(H,11,12);1H. The average Bonchev–Trinajstić information content (AvgIpc) is 2.46. The lowest BCUT2D eigenvalue weighted by Crippen LogP contribution is -2.24. The first-order chi connectivity index (χ1) is 6.16. The molecule has 2 rings (SSSR count). The van der Waals surface area contributed by atoms with E-state index < -0.39 is 5.97 Å². The molecule has 0 aliphatic carbocycles. The zero-order valence-electron chi connectivity index (χ0n) is 7.82. The predicted molar refractivity (Wildman–Crippen MR) is 58.6 cm³/mol. The summed E-state index contributed by atoms with van der Waals surface area (Å²) >= 11 is 1.41. The van der Waals surface area contributed by atoms with Gasteiger partial charge in [0.1, 0.15) is 4.88 Å². The second kappa shape index (κ2) is 4.29. The van der Waals surface area contributed by atoms with Gasteiger partial charge >= 0.3 is 5.97 Å². The summed E-state index contributed by atoms with van der Waals surface area (Å²) in [4.78, 5) is 14.6. The number of carboxylic acid groups (broad SMARTS) is 1. The highest BCUT2D eigenvalue weighted by Crippen LogP contribution is 2.27. The molecule has 78 valence electrons. The van der Waals surface area contributed by atoms with Crippen molar-refractivity contribution in [2.75, 3.05) is 13.6 Å². The third-order valence-corrected chi connectivity index (χ3v) is 3.43. The van der Waals surface area contributed by atoms with Gasteiger partial charge in [0, 0.05) is 18.0 Å². The molecule has 0 unspecified atom stereocenters. The van der Waals surface area contributed by atoms with Crippen molar-refractivity contribution in [3.63, 3.8) is 0 Å². The van der Waals surface area contributed by atoms with Gasteiger partial charge in [0.15, 0.2) is 0 Å². The number of fused-ring (bicyclic) bond motifs is 1. The number of hydrogen-bond acceptors (Lipinski definition) is 3. The Morgan fingerprint density at radius 2 is 2.36 bits per heavy atom. The molecule has 0 aromatic carbocycles. The van der Waals surface area contributed by atoms with Crippen LogP contribution in [0.25, 0.3) is 0 Å². The molecule has 1 aliphatic rings. The summed E-state index contributed by atoms with van der Waals surface area (Å²) in [6.07, 6.45) is 0.982. The summed E-state index contributed by atoms with van der Waals surface area (Å²) in [5.41, 5.74) is 1.22. The summed E-state index contributed by atoms with van der Waals surface area (Å²) in [5, 5.41) is 8.80. The smallest absolute Gasteiger partial charge is 0.345 e. The zero-order chi connectivity index (χ0) is 9.42. The minimum atomic E-state index is -0.804. The summed E-state index contributed by atoms with van der Waals surface area (Å²) < 4.78 is 0. The van der Waals surface area contributed by atoms with E-state index in [9.17, 15) is 4.79 Å². The first-order valence-electron chi connectivity index (χ1n) is 4.20. The normalized spacial score (nSPS) is 15.8. The first-order valence-corrected chi connectivity index (χ1v) is 5.02. The maximum atomic E-state index is 10.7. The van der Waals surface area contributed by atoms with Crippen molar-refractivity contribution in [3.8, 4) is 0 Å². The Labute approximate surface area is 92.8 Å². The SMILES string of the molecule is CN1CCc2cc(C(=O)O)sc2C1.Cl. The van der Waals surface area contributed by atoms with Gasteiger partial charge in [0.2, 0.25) is 0 Å². The largest absolute Gasteiger partial charge is 0.477 e. The number of carboxylic acids is 1. The minimum Gasteiger partial charge on any atom is -0.477 e. The number of hydrogen-bond donors (Lipinski definition) is 1. The molecule has 0 fully saturated rings. The molecule has 1 aliphatic heterocycles. The van der Waals surface area contributed by atoms with E-state index in [0.29, 0.717) is 4.88 Å². The molecule has 0 saturated carbocycles. The van der Waals surface area contributed by atoms with Crippen LogP contribution in [-0.2, 0) is 13.0 Å². The van der Waals surface area contributed by atoms with E-state index in [1.165, 1.54) is 21.8 Å². The molecule has 0 bridgehead atoms. The number of nitrogens with zero attached hydrogens (tertiary/aromatic N) is 1. The fraction of sp³-hybridized carbons (Fsp3) is 0.444. The van der Waals surface area contributed by atoms with Crippen molar-refractivity contribution in [2.45, 2.75) is 13.0 Å². The van der Waals surface area contributed by atoms with Gasteiger partial charge < -0.3 is 10.0 Å². The van der Waals surface area contributed by atoms with Crippen LogP contribution in [0.3, 0.4) is 0 Å². The van der Waals surface area contributed by atoms with Crippen LogP contribution in [0.4, 0.5) is 0 Å². The second-order valence-corrected chi connectivity index (χ2v) is 4.49. The predicted octanol–water partition coefficient (Wildman–Crippen LogP) is 1.86. The molecular formula is C9H12ClNO2S. The van der Waals surface area contributed by atoms with Crippen LogP contribution >= 0.6 is 23.7 Å². The molecule has 0 spiro atoms. The molecule has 1 N–H and O–H groups in total. The van der Waals surface area contributed by atoms with E-state index >= 15 is 0 Å². The molecule has 1 aromatic heterocycles. The van der Waals surface area contributed by atoms with Crippen LogP contribution in [0.15, 0.2) is 6.07 Å². The van der Waals surface area contributed by atoms with Crippen molar-refractivity contribution in [1.82, 2.24) is 4.90 Å². The monoisotopic (exact) mass is 233 g/mol. The van der Waals surface area contributed by atoms with Gasteiger partial charge in [-0.15, -0.1) is 23.7 Å². The molecule has 0 radical (unpaired) electrons. The Bertz CT molecular complexity index is 351. The van der Waals surface area contributed by atoms with E-state index in [4.69, 9.17) is 5.11 Å². The highest BCUT2D eigenvalue weighted by Gasteiger charge is 2.18. The van der Waals surface area contributed by atoms with Crippen LogP contribution in [0.1, 0.15) is 20.1 Å². The van der Waals surface area contributed by atoms with Crippen LogP contribution in [0, 0.1) is 0 Å². The Kier molecular flexibility index (Phi) is 3.53. The van der Waals surface area contributed by atoms with Crippen LogP contribution in [-0.4, -0.2) is 29.6 Å². The Morgan fingerprint density at radius 1 is 1.64 bits per heavy atom. The van der Waals surface area contributed by atoms with Crippen molar-refractivity contribution < 1.29 is 9.90 Å². The van der Waals surface area contributed by atoms with Crippen LogP contribution in [0.5, 0.6) is 0 Å². The highest BCUT2D eigenvalue weighted by molar-refractivity contribution is 7.14. The van der Waals surface area contributed by atoms with Crippen LogP contribution in [0.2, 0.25) is 0 Å². The van der Waals surface area contributed by atoms with Crippen molar-refractivity contribution in [1.29, 1.82) is 0 Å². The fourth-order valence-corrected chi connectivity index (χ4v) is 2.68. The third kappa shape index (κ3) is 2.08. The number of carbonyl (C=O) groups is 1. The molecule has 1 aromatic rings. The number of thiophene rings is 1. The lowest BCUT2D eigenvalue weighted by atomic mass is 10.1. The Hall–Kier alpha value is -0.580. The maximum Gasteiger partial charge on any atom is 0.345 e. The topological polar surface area (TPSA) is 40.5 Å². The fourth-order valence-electron chi connectivity index (χ4n) is 1.55. The van der Waals surface area contributed by atoms with Crippen molar-refractivity contribution >= 4 is 29.7 Å². The molecule has 3 nitrogen and oxygen atoms in total. The number of halogens is 1. The molecule has 14 heavy (non-hydrogen) atoms. The zero-order valence-corrected chi connectivity index (χ0v) is 9.45. The van der Waals surface area contributed by atoms with Gasteiger partial charge in [-0.1, -0.05) is 0 Å². The van der Waals surface area contributed by atoms with E-state index in [1.54, 1.807) is 0 Å². The third-order valence-electron chi connectivity index (χ3n) is 2.28.